The zero-order valence-corrected chi connectivity index (χ0v) is 19.0. The first-order chi connectivity index (χ1) is 14.7. The summed E-state index contributed by atoms with van der Waals surface area (Å²) in [5.41, 5.74) is 2.55. The molecule has 0 aliphatic carbocycles. The average Bonchev–Trinajstić information content (AvgIpc) is 2.73. The third-order valence-electron chi connectivity index (χ3n) is 4.72. The topological polar surface area (TPSA) is 75.7 Å². The molecule has 0 bridgehead atoms. The molecule has 0 saturated heterocycles. The van der Waals surface area contributed by atoms with E-state index >= 15 is 0 Å². The summed E-state index contributed by atoms with van der Waals surface area (Å²) in [4.78, 5) is 12.9. The summed E-state index contributed by atoms with van der Waals surface area (Å²) < 4.78 is 33.1. The molecule has 8 heteroatoms. The summed E-state index contributed by atoms with van der Waals surface area (Å²) in [6.07, 6.45) is 0. The Kier molecular flexibility index (Phi) is 6.87. The monoisotopic (exact) mass is 458 g/mol. The van der Waals surface area contributed by atoms with Gasteiger partial charge in [-0.1, -0.05) is 47.5 Å². The lowest BCUT2D eigenvalue weighted by Crippen LogP contribution is -2.38. The van der Waals surface area contributed by atoms with Crippen LogP contribution in [-0.4, -0.2) is 28.0 Å². The number of nitrogens with one attached hydrogen (secondary N) is 1. The van der Waals surface area contributed by atoms with E-state index in [1.54, 1.807) is 55.5 Å². The van der Waals surface area contributed by atoms with Crippen molar-refractivity contribution in [3.8, 4) is 5.75 Å². The number of halogens is 1. The first-order valence-corrected chi connectivity index (χ1v) is 11.3. The quantitative estimate of drug-likeness (QED) is 0.551. The Hall–Kier alpha value is -3.03. The van der Waals surface area contributed by atoms with Crippen molar-refractivity contribution in [2.45, 2.75) is 18.7 Å². The molecule has 0 heterocycles. The molecule has 3 rings (SSSR count). The van der Waals surface area contributed by atoms with Crippen molar-refractivity contribution < 1.29 is 17.9 Å². The molecule has 0 fully saturated rings. The Morgan fingerprint density at radius 3 is 2.32 bits per heavy atom. The lowest BCUT2D eigenvalue weighted by molar-refractivity contribution is -0.114. The second-order valence-corrected chi connectivity index (χ2v) is 9.28. The fraction of sp³-hybridized carbons (Fsp3) is 0.174. The van der Waals surface area contributed by atoms with Crippen LogP contribution in [0.25, 0.3) is 0 Å². The fourth-order valence-corrected chi connectivity index (χ4v) is 4.80. The van der Waals surface area contributed by atoms with Crippen LogP contribution in [0.3, 0.4) is 0 Å². The summed E-state index contributed by atoms with van der Waals surface area (Å²) in [7, 11) is -2.48. The van der Waals surface area contributed by atoms with Gasteiger partial charge in [-0.3, -0.25) is 9.10 Å². The molecule has 0 saturated carbocycles. The third-order valence-corrected chi connectivity index (χ3v) is 6.79. The van der Waals surface area contributed by atoms with Crippen LogP contribution in [-0.2, 0) is 14.8 Å². The summed E-state index contributed by atoms with van der Waals surface area (Å²) in [6, 6.07) is 18.4. The van der Waals surface area contributed by atoms with Crippen molar-refractivity contribution in [1.82, 2.24) is 0 Å². The number of rotatable bonds is 7. The number of hydrogen-bond donors (Lipinski definition) is 1. The van der Waals surface area contributed by atoms with E-state index < -0.39 is 22.5 Å². The molecule has 0 aliphatic rings. The molecule has 0 radical (unpaired) electrons. The van der Waals surface area contributed by atoms with Gasteiger partial charge in [-0.15, -0.1) is 0 Å². The molecule has 0 spiro atoms. The van der Waals surface area contributed by atoms with Crippen LogP contribution in [0.2, 0.25) is 5.02 Å². The molecule has 0 atom stereocenters. The van der Waals surface area contributed by atoms with Gasteiger partial charge in [0.15, 0.2) is 0 Å². The van der Waals surface area contributed by atoms with Crippen molar-refractivity contribution in [3.05, 3.63) is 82.9 Å². The maximum absolute atomic E-state index is 13.4. The molecule has 3 aromatic rings. The lowest BCUT2D eigenvalue weighted by atomic mass is 10.2. The van der Waals surface area contributed by atoms with Crippen LogP contribution in [0.5, 0.6) is 5.75 Å². The number of carbonyl (C=O) groups is 1. The van der Waals surface area contributed by atoms with Crippen molar-refractivity contribution >= 4 is 38.9 Å². The molecule has 3 aromatic carbocycles. The zero-order chi connectivity index (χ0) is 22.6. The molecule has 1 N–H and O–H groups in total. The number of anilines is 2. The number of carbonyl (C=O) groups excluding carboxylic acids is 1. The number of sulfonamides is 1. The van der Waals surface area contributed by atoms with E-state index in [4.69, 9.17) is 16.3 Å². The van der Waals surface area contributed by atoms with Gasteiger partial charge in [-0.05, 0) is 55.8 Å². The number of hydrogen-bond acceptors (Lipinski definition) is 4. The number of amides is 1. The molecule has 0 unspecified atom stereocenters. The standard InChI is InChI=1S/C23H23ClN2O4S/c1-16-8-11-19(12-9-16)31(28,29)26(21-7-5-4-6-17(21)2)15-23(27)25-18-10-13-22(30-3)20(24)14-18/h4-14H,15H2,1-3H3,(H,25,27). The molecular formula is C23H23ClN2O4S. The minimum atomic E-state index is -3.97. The second-order valence-electron chi connectivity index (χ2n) is 7.01. The minimum absolute atomic E-state index is 0.113. The number of nitrogens with zero attached hydrogens (tertiary/aromatic N) is 1. The highest BCUT2D eigenvalue weighted by atomic mass is 35.5. The molecular weight excluding hydrogens is 436 g/mol. The van der Waals surface area contributed by atoms with E-state index in [0.717, 1.165) is 15.4 Å². The van der Waals surface area contributed by atoms with E-state index in [1.807, 2.05) is 13.0 Å². The van der Waals surface area contributed by atoms with Crippen molar-refractivity contribution in [2.75, 3.05) is 23.3 Å². The van der Waals surface area contributed by atoms with Gasteiger partial charge in [0.1, 0.15) is 12.3 Å². The van der Waals surface area contributed by atoms with E-state index in [1.165, 1.54) is 19.2 Å². The van der Waals surface area contributed by atoms with Crippen molar-refractivity contribution in [1.29, 1.82) is 0 Å². The van der Waals surface area contributed by atoms with Gasteiger partial charge in [-0.25, -0.2) is 8.42 Å². The highest BCUT2D eigenvalue weighted by molar-refractivity contribution is 7.92. The lowest BCUT2D eigenvalue weighted by Gasteiger charge is -2.25. The zero-order valence-electron chi connectivity index (χ0n) is 17.4. The Morgan fingerprint density at radius 2 is 1.71 bits per heavy atom. The van der Waals surface area contributed by atoms with Crippen molar-refractivity contribution in [2.24, 2.45) is 0 Å². The van der Waals surface area contributed by atoms with Gasteiger partial charge in [0.25, 0.3) is 10.0 Å². The Bertz CT molecular complexity index is 1190. The van der Waals surface area contributed by atoms with Gasteiger partial charge >= 0.3 is 0 Å². The maximum Gasteiger partial charge on any atom is 0.264 e. The predicted molar refractivity (Wildman–Crippen MR) is 124 cm³/mol. The first-order valence-electron chi connectivity index (χ1n) is 9.51. The summed E-state index contributed by atoms with van der Waals surface area (Å²) >= 11 is 6.12. The number of ether oxygens (including phenoxy) is 1. The highest BCUT2D eigenvalue weighted by Crippen LogP contribution is 2.29. The average molecular weight is 459 g/mol. The Balaban J connectivity index is 1.94. The highest BCUT2D eigenvalue weighted by Gasteiger charge is 2.28. The van der Waals surface area contributed by atoms with Crippen molar-refractivity contribution in [3.63, 3.8) is 0 Å². The summed E-state index contributed by atoms with van der Waals surface area (Å²) in [6.45, 7) is 3.28. The smallest absolute Gasteiger partial charge is 0.264 e. The van der Waals surface area contributed by atoms with E-state index in [0.29, 0.717) is 22.1 Å². The fourth-order valence-electron chi connectivity index (χ4n) is 3.06. The predicted octanol–water partition coefficient (Wildman–Crippen LogP) is 4.80. The largest absolute Gasteiger partial charge is 0.495 e. The van der Waals surface area contributed by atoms with Crippen LogP contribution in [0, 0.1) is 13.8 Å². The minimum Gasteiger partial charge on any atom is -0.495 e. The molecule has 6 nitrogen and oxygen atoms in total. The Labute approximate surface area is 187 Å². The Morgan fingerprint density at radius 1 is 1.03 bits per heavy atom. The third kappa shape index (κ3) is 5.18. The molecule has 31 heavy (non-hydrogen) atoms. The van der Waals surface area contributed by atoms with E-state index in [9.17, 15) is 13.2 Å². The summed E-state index contributed by atoms with van der Waals surface area (Å²) in [5, 5.41) is 3.04. The van der Waals surface area contributed by atoms with Crippen LogP contribution >= 0.6 is 11.6 Å². The molecule has 162 valence electrons. The second kappa shape index (κ2) is 9.41. The van der Waals surface area contributed by atoms with Gasteiger partial charge in [0.05, 0.1) is 22.7 Å². The number of benzene rings is 3. The maximum atomic E-state index is 13.4. The van der Waals surface area contributed by atoms with Gasteiger partial charge in [0, 0.05) is 5.69 Å². The summed E-state index contributed by atoms with van der Waals surface area (Å²) in [5.74, 6) is -0.0247. The van der Waals surface area contributed by atoms with Crippen LogP contribution in [0.1, 0.15) is 11.1 Å². The van der Waals surface area contributed by atoms with Gasteiger partial charge in [-0.2, -0.15) is 0 Å². The number of aryl methyl sites for hydroxylation is 2. The normalized spacial score (nSPS) is 11.1. The van der Waals surface area contributed by atoms with Crippen LogP contribution < -0.4 is 14.4 Å². The number of para-hydroxylation sites is 1. The van der Waals surface area contributed by atoms with Crippen LogP contribution in [0.4, 0.5) is 11.4 Å². The SMILES string of the molecule is COc1ccc(NC(=O)CN(c2ccccc2C)S(=O)(=O)c2ccc(C)cc2)cc1Cl. The molecule has 1 amide bonds. The molecule has 0 aromatic heterocycles. The molecule has 0 aliphatic heterocycles. The van der Waals surface area contributed by atoms with Crippen LogP contribution in [0.15, 0.2) is 71.6 Å². The first kappa shape index (κ1) is 22.7. The van der Waals surface area contributed by atoms with E-state index in [2.05, 4.69) is 5.32 Å². The van der Waals surface area contributed by atoms with E-state index in [-0.39, 0.29) is 4.90 Å². The van der Waals surface area contributed by atoms with Gasteiger partial charge in [0.2, 0.25) is 5.91 Å². The number of methoxy groups -OCH3 is 1. The van der Waals surface area contributed by atoms with Gasteiger partial charge < -0.3 is 10.1 Å².